The van der Waals surface area contributed by atoms with Crippen molar-refractivity contribution < 1.29 is 50.3 Å². The number of oxazole rings is 1. The van der Waals surface area contributed by atoms with Gasteiger partial charge in [-0.1, -0.05) is 36.4 Å². The molecule has 9 nitrogen and oxygen atoms in total. The first-order chi connectivity index (χ1) is 17.5. The van der Waals surface area contributed by atoms with E-state index in [-0.39, 0.29) is 42.0 Å². The Balaban J connectivity index is 0.00000320. The summed E-state index contributed by atoms with van der Waals surface area (Å²) in [5, 5.41) is 9.73. The SMILES string of the molecule is O=C(ON1C(=O)CCC1=O)c1cccc(C[n+]2ccc(-c3ncc(-c4ccc(CO)cc4)o3)cc2)c1.[Br-]. The summed E-state index contributed by atoms with van der Waals surface area (Å²) in [6.45, 7) is 0.470. The maximum absolute atomic E-state index is 12.4. The summed E-state index contributed by atoms with van der Waals surface area (Å²) in [5.74, 6) is -0.672. The zero-order valence-corrected chi connectivity index (χ0v) is 21.1. The van der Waals surface area contributed by atoms with Gasteiger partial charge in [0.05, 0.1) is 18.4 Å². The van der Waals surface area contributed by atoms with Crippen LogP contribution in [-0.4, -0.2) is 32.9 Å². The molecule has 3 heterocycles. The normalized spacial score (nSPS) is 12.9. The number of aliphatic hydroxyl groups excluding tert-OH is 1. The van der Waals surface area contributed by atoms with Gasteiger partial charge in [0, 0.05) is 41.7 Å². The number of aromatic nitrogens is 2. The van der Waals surface area contributed by atoms with Crippen molar-refractivity contribution in [1.29, 1.82) is 0 Å². The number of aliphatic hydroxyl groups is 1. The molecule has 2 amide bonds. The third-order valence-corrected chi connectivity index (χ3v) is 5.77. The van der Waals surface area contributed by atoms with E-state index < -0.39 is 17.8 Å². The second-order valence-electron chi connectivity index (χ2n) is 8.30. The number of rotatable bonds is 7. The Kier molecular flexibility index (Phi) is 7.90. The second-order valence-corrected chi connectivity index (χ2v) is 8.30. The molecule has 0 radical (unpaired) electrons. The van der Waals surface area contributed by atoms with Crippen LogP contribution >= 0.6 is 0 Å². The molecule has 4 aromatic rings. The molecule has 5 rings (SSSR count). The molecule has 1 fully saturated rings. The van der Waals surface area contributed by atoms with E-state index in [1.807, 2.05) is 59.4 Å². The molecule has 1 saturated heterocycles. The smallest absolute Gasteiger partial charge is 0.363 e. The lowest BCUT2D eigenvalue weighted by Gasteiger charge is -2.12. The summed E-state index contributed by atoms with van der Waals surface area (Å²) in [7, 11) is 0. The van der Waals surface area contributed by atoms with Gasteiger partial charge in [-0.3, -0.25) is 9.59 Å². The Morgan fingerprint density at radius 3 is 2.35 bits per heavy atom. The number of hydrogen-bond donors (Lipinski definition) is 1. The largest absolute Gasteiger partial charge is 1.00 e. The highest BCUT2D eigenvalue weighted by molar-refractivity contribution is 6.02. The molecule has 0 bridgehead atoms. The van der Waals surface area contributed by atoms with Crippen molar-refractivity contribution in [2.45, 2.75) is 26.0 Å². The van der Waals surface area contributed by atoms with E-state index in [9.17, 15) is 19.5 Å². The van der Waals surface area contributed by atoms with E-state index in [1.165, 1.54) is 0 Å². The highest BCUT2D eigenvalue weighted by Gasteiger charge is 2.33. The summed E-state index contributed by atoms with van der Waals surface area (Å²) in [5.41, 5.74) is 3.59. The van der Waals surface area contributed by atoms with Crippen LogP contribution in [0.3, 0.4) is 0 Å². The van der Waals surface area contributed by atoms with Crippen molar-refractivity contribution in [2.75, 3.05) is 0 Å². The fraction of sp³-hybridized carbons (Fsp3) is 0.148. The van der Waals surface area contributed by atoms with E-state index in [2.05, 4.69) is 4.98 Å². The molecule has 0 aliphatic carbocycles. The number of hydrogen-bond acceptors (Lipinski definition) is 7. The molecule has 2 aromatic heterocycles. The summed E-state index contributed by atoms with van der Waals surface area (Å²) < 4.78 is 7.84. The minimum absolute atomic E-state index is 0. The van der Waals surface area contributed by atoms with Crippen molar-refractivity contribution >= 4 is 17.8 Å². The molecule has 188 valence electrons. The number of hydroxylamine groups is 2. The van der Waals surface area contributed by atoms with Crippen molar-refractivity contribution in [2.24, 2.45) is 0 Å². The number of pyridine rings is 1. The first-order valence-electron chi connectivity index (χ1n) is 11.3. The molecule has 37 heavy (non-hydrogen) atoms. The molecule has 0 spiro atoms. The fourth-order valence-electron chi connectivity index (χ4n) is 3.82. The minimum Gasteiger partial charge on any atom is -1.00 e. The van der Waals surface area contributed by atoms with Crippen LogP contribution in [0.5, 0.6) is 0 Å². The third-order valence-electron chi connectivity index (χ3n) is 5.77. The number of carbonyl (C=O) groups excluding carboxylic acids is 3. The molecule has 0 saturated carbocycles. The van der Waals surface area contributed by atoms with Gasteiger partial charge in [0.2, 0.25) is 5.89 Å². The van der Waals surface area contributed by atoms with Gasteiger partial charge < -0.3 is 31.3 Å². The molecule has 2 aromatic carbocycles. The number of imide groups is 1. The summed E-state index contributed by atoms with van der Waals surface area (Å²) in [4.78, 5) is 45.2. The number of nitrogens with zero attached hydrogens (tertiary/aromatic N) is 3. The molecular formula is C27H22BrN3O6. The molecule has 1 aliphatic heterocycles. The number of halogens is 1. The maximum atomic E-state index is 12.4. The van der Waals surface area contributed by atoms with Crippen LogP contribution in [0.4, 0.5) is 0 Å². The maximum Gasteiger partial charge on any atom is 0.363 e. The van der Waals surface area contributed by atoms with Crippen molar-refractivity contribution in [3.8, 4) is 22.8 Å². The molecule has 1 aliphatic rings. The first-order valence-corrected chi connectivity index (χ1v) is 11.3. The topological polar surface area (TPSA) is 114 Å². The quantitative estimate of drug-likeness (QED) is 0.250. The first kappa shape index (κ1) is 25.9. The van der Waals surface area contributed by atoms with Gasteiger partial charge in [0.25, 0.3) is 11.8 Å². The zero-order valence-electron chi connectivity index (χ0n) is 19.5. The van der Waals surface area contributed by atoms with E-state index in [1.54, 1.807) is 24.4 Å². The molecular weight excluding hydrogens is 542 g/mol. The minimum atomic E-state index is -0.758. The number of carbonyl (C=O) groups is 3. The monoisotopic (exact) mass is 563 g/mol. The number of benzene rings is 2. The highest BCUT2D eigenvalue weighted by atomic mass is 79.9. The number of amides is 2. The average molecular weight is 564 g/mol. The molecule has 0 atom stereocenters. The lowest BCUT2D eigenvalue weighted by Crippen LogP contribution is -3.00. The van der Waals surface area contributed by atoms with Gasteiger partial charge >= 0.3 is 5.97 Å². The second kappa shape index (κ2) is 11.3. The Morgan fingerprint density at radius 2 is 1.68 bits per heavy atom. The van der Waals surface area contributed by atoms with E-state index in [0.717, 1.165) is 22.3 Å². The van der Waals surface area contributed by atoms with E-state index in [4.69, 9.17) is 9.25 Å². The fourth-order valence-corrected chi connectivity index (χ4v) is 3.82. The Labute approximate surface area is 222 Å². The predicted octanol–water partition coefficient (Wildman–Crippen LogP) is 0.0615. The van der Waals surface area contributed by atoms with Crippen LogP contribution < -0.4 is 21.5 Å². The zero-order chi connectivity index (χ0) is 25.1. The Morgan fingerprint density at radius 1 is 0.973 bits per heavy atom. The van der Waals surface area contributed by atoms with E-state index in [0.29, 0.717) is 23.3 Å². The average Bonchev–Trinajstić information content (AvgIpc) is 3.52. The van der Waals surface area contributed by atoms with Gasteiger partial charge in [0.15, 0.2) is 24.7 Å². The summed E-state index contributed by atoms with van der Waals surface area (Å²) >= 11 is 0. The lowest BCUT2D eigenvalue weighted by molar-refractivity contribution is -0.688. The van der Waals surface area contributed by atoms with Crippen molar-refractivity contribution in [1.82, 2.24) is 10.0 Å². The summed E-state index contributed by atoms with van der Waals surface area (Å²) in [6.07, 6.45) is 5.51. The third kappa shape index (κ3) is 5.82. The van der Waals surface area contributed by atoms with Gasteiger partial charge in [-0.05, 0) is 17.7 Å². The van der Waals surface area contributed by atoms with Crippen molar-refractivity contribution in [3.05, 3.63) is 95.9 Å². The molecule has 10 heteroatoms. The van der Waals surface area contributed by atoms with Crippen molar-refractivity contribution in [3.63, 3.8) is 0 Å². The van der Waals surface area contributed by atoms with Crippen LogP contribution in [0.25, 0.3) is 22.8 Å². The van der Waals surface area contributed by atoms with Crippen LogP contribution in [0, 0.1) is 0 Å². The van der Waals surface area contributed by atoms with Crippen LogP contribution in [0.1, 0.15) is 34.3 Å². The molecule has 0 unspecified atom stereocenters. The summed E-state index contributed by atoms with van der Waals surface area (Å²) in [6, 6.07) is 18.0. The highest BCUT2D eigenvalue weighted by Crippen LogP contribution is 2.26. The lowest BCUT2D eigenvalue weighted by atomic mass is 10.1. The van der Waals surface area contributed by atoms with Gasteiger partial charge in [-0.15, -0.1) is 5.06 Å². The van der Waals surface area contributed by atoms with Gasteiger partial charge in [0.1, 0.15) is 0 Å². The Bertz CT molecular complexity index is 1420. The standard InChI is InChI=1S/C27H22N3O6.BrH/c31-17-18-4-6-20(7-5-18)23-15-28-26(35-23)21-10-12-29(13-11-21)16-19-2-1-3-22(14-19)27(34)36-30-24(32)8-9-25(30)33;/h1-7,10-15,31H,8-9,16-17H2;1H/q+1;/p-1. The Hall–Kier alpha value is -4.15. The van der Waals surface area contributed by atoms with E-state index >= 15 is 0 Å². The van der Waals surface area contributed by atoms with Crippen LogP contribution in [0.15, 0.2) is 83.7 Å². The predicted molar refractivity (Wildman–Crippen MR) is 126 cm³/mol. The van der Waals surface area contributed by atoms with Crippen LogP contribution in [0.2, 0.25) is 0 Å². The van der Waals surface area contributed by atoms with Gasteiger partial charge in [-0.2, -0.15) is 0 Å². The van der Waals surface area contributed by atoms with Crippen LogP contribution in [-0.2, 0) is 27.6 Å². The van der Waals surface area contributed by atoms with Gasteiger partial charge in [-0.25, -0.2) is 14.3 Å². The molecule has 1 N–H and O–H groups in total.